The topological polar surface area (TPSA) is 66.5 Å². The number of sulfonamides is 1. The molecule has 1 heterocycles. The first-order chi connectivity index (χ1) is 11.3. The van der Waals surface area contributed by atoms with Gasteiger partial charge in [-0.25, -0.2) is 8.42 Å². The monoisotopic (exact) mass is 344 g/mol. The molecule has 1 amide bonds. The number of benzene rings is 2. The predicted octanol–water partition coefficient (Wildman–Crippen LogP) is 2.96. The van der Waals surface area contributed by atoms with E-state index in [1.165, 1.54) is 0 Å². The molecule has 0 bridgehead atoms. The largest absolute Gasteiger partial charge is 0.305 e. The van der Waals surface area contributed by atoms with E-state index in [-0.39, 0.29) is 11.9 Å². The molecule has 0 saturated heterocycles. The van der Waals surface area contributed by atoms with Crippen LogP contribution in [0.1, 0.15) is 28.4 Å². The molecule has 126 valence electrons. The van der Waals surface area contributed by atoms with E-state index in [4.69, 9.17) is 0 Å². The molecule has 1 N–H and O–H groups in total. The fraction of sp³-hybridized carbons (Fsp3) is 0.278. The number of carbonyl (C=O) groups excluding carboxylic acids is 1. The molecule has 0 radical (unpaired) electrons. The molecular formula is C18H20N2O3S. The number of nitrogens with one attached hydrogen (secondary N) is 1. The Morgan fingerprint density at radius 3 is 2.62 bits per heavy atom. The summed E-state index contributed by atoms with van der Waals surface area (Å²) in [6, 6.07) is 13.0. The molecule has 24 heavy (non-hydrogen) atoms. The smallest absolute Gasteiger partial charge is 0.258 e. The van der Waals surface area contributed by atoms with Crippen molar-refractivity contribution in [2.24, 2.45) is 0 Å². The maximum atomic E-state index is 13.0. The van der Waals surface area contributed by atoms with Crippen LogP contribution >= 0.6 is 0 Å². The van der Waals surface area contributed by atoms with E-state index in [2.05, 4.69) is 4.72 Å². The first-order valence-electron chi connectivity index (χ1n) is 7.76. The lowest BCUT2D eigenvalue weighted by molar-refractivity contribution is 0.0981. The molecule has 0 spiro atoms. The second-order valence-corrected chi connectivity index (χ2v) is 8.01. The highest BCUT2D eigenvalue weighted by molar-refractivity contribution is 7.92. The molecule has 1 atom stereocenters. The van der Waals surface area contributed by atoms with Crippen LogP contribution in [0, 0.1) is 6.92 Å². The summed E-state index contributed by atoms with van der Waals surface area (Å²) in [7, 11) is -3.40. The first kappa shape index (κ1) is 16.5. The van der Waals surface area contributed by atoms with Gasteiger partial charge in [0.1, 0.15) is 0 Å². The Labute approximate surface area is 142 Å². The van der Waals surface area contributed by atoms with E-state index < -0.39 is 10.0 Å². The van der Waals surface area contributed by atoms with Gasteiger partial charge in [-0.3, -0.25) is 9.52 Å². The number of hydrogen-bond acceptors (Lipinski definition) is 3. The highest BCUT2D eigenvalue weighted by Crippen LogP contribution is 2.33. The summed E-state index contributed by atoms with van der Waals surface area (Å²) in [6.07, 6.45) is 1.92. The maximum absolute atomic E-state index is 13.0. The van der Waals surface area contributed by atoms with Crippen LogP contribution in [0.2, 0.25) is 0 Å². The molecule has 1 aliphatic heterocycles. The van der Waals surface area contributed by atoms with Crippen molar-refractivity contribution in [3.05, 3.63) is 59.2 Å². The van der Waals surface area contributed by atoms with E-state index in [9.17, 15) is 13.2 Å². The van der Waals surface area contributed by atoms with Crippen molar-refractivity contribution in [3.8, 4) is 0 Å². The van der Waals surface area contributed by atoms with Gasteiger partial charge in [0.05, 0.1) is 11.9 Å². The number of anilines is 2. The van der Waals surface area contributed by atoms with E-state index in [0.717, 1.165) is 29.5 Å². The number of para-hydroxylation sites is 1. The second kappa shape index (κ2) is 5.94. The molecule has 0 saturated carbocycles. The Balaban J connectivity index is 1.98. The molecular weight excluding hydrogens is 324 g/mol. The van der Waals surface area contributed by atoms with Gasteiger partial charge in [-0.15, -0.1) is 0 Å². The van der Waals surface area contributed by atoms with Crippen LogP contribution in [0.25, 0.3) is 0 Å². The van der Waals surface area contributed by atoms with Gasteiger partial charge in [-0.2, -0.15) is 0 Å². The number of rotatable bonds is 3. The van der Waals surface area contributed by atoms with Crippen LogP contribution in [0.5, 0.6) is 0 Å². The third kappa shape index (κ3) is 3.14. The van der Waals surface area contributed by atoms with E-state index in [0.29, 0.717) is 11.3 Å². The molecule has 0 aliphatic carbocycles. The van der Waals surface area contributed by atoms with Crippen molar-refractivity contribution < 1.29 is 13.2 Å². The third-order valence-corrected chi connectivity index (χ3v) is 4.80. The summed E-state index contributed by atoms with van der Waals surface area (Å²) in [5.41, 5.74) is 3.75. The lowest BCUT2D eigenvalue weighted by Gasteiger charge is -2.23. The number of fused-ring (bicyclic) bond motifs is 1. The quantitative estimate of drug-likeness (QED) is 0.931. The van der Waals surface area contributed by atoms with E-state index in [1.807, 2.05) is 31.2 Å². The van der Waals surface area contributed by atoms with Gasteiger partial charge < -0.3 is 4.90 Å². The van der Waals surface area contributed by atoms with Crippen molar-refractivity contribution in [3.63, 3.8) is 0 Å². The minimum absolute atomic E-state index is 0.0718. The first-order valence-corrected chi connectivity index (χ1v) is 9.65. The molecule has 2 aromatic carbocycles. The number of nitrogens with zero attached hydrogens (tertiary/aromatic N) is 1. The zero-order chi connectivity index (χ0) is 17.5. The van der Waals surface area contributed by atoms with Crippen molar-refractivity contribution >= 4 is 27.3 Å². The lowest BCUT2D eigenvalue weighted by Crippen LogP contribution is -2.35. The molecule has 0 unspecified atom stereocenters. The molecule has 0 fully saturated rings. The third-order valence-electron chi connectivity index (χ3n) is 4.21. The average Bonchev–Trinajstić information content (AvgIpc) is 2.83. The summed E-state index contributed by atoms with van der Waals surface area (Å²) < 4.78 is 25.5. The standard InChI is InChI=1S/C18H20N2O3S/c1-12-8-9-15(11-16(12)19-24(3,22)23)18(21)20-13(2)10-14-6-4-5-7-17(14)20/h4-9,11,13,19H,10H2,1-3H3/t13-/m0/s1. The van der Waals surface area contributed by atoms with Gasteiger partial charge in [0.15, 0.2) is 0 Å². The van der Waals surface area contributed by atoms with Gasteiger partial charge in [-0.05, 0) is 49.6 Å². The van der Waals surface area contributed by atoms with Gasteiger partial charge in [0, 0.05) is 17.3 Å². The van der Waals surface area contributed by atoms with Crippen LogP contribution in [0.15, 0.2) is 42.5 Å². The lowest BCUT2D eigenvalue weighted by atomic mass is 10.1. The van der Waals surface area contributed by atoms with Gasteiger partial charge in [0.2, 0.25) is 10.0 Å². The highest BCUT2D eigenvalue weighted by Gasteiger charge is 2.31. The summed E-state index contributed by atoms with van der Waals surface area (Å²) in [4.78, 5) is 14.8. The Hall–Kier alpha value is -2.34. The van der Waals surface area contributed by atoms with Crippen LogP contribution in [-0.4, -0.2) is 26.6 Å². The van der Waals surface area contributed by atoms with E-state index in [1.54, 1.807) is 30.0 Å². The van der Waals surface area contributed by atoms with Crippen molar-refractivity contribution in [2.75, 3.05) is 15.9 Å². The van der Waals surface area contributed by atoms with Crippen LogP contribution in [0.4, 0.5) is 11.4 Å². The summed E-state index contributed by atoms with van der Waals surface area (Å²) >= 11 is 0. The number of aryl methyl sites for hydroxylation is 1. The van der Waals surface area contributed by atoms with Gasteiger partial charge in [0.25, 0.3) is 5.91 Å². The number of carbonyl (C=O) groups is 1. The van der Waals surface area contributed by atoms with Crippen molar-refractivity contribution in [1.82, 2.24) is 0 Å². The maximum Gasteiger partial charge on any atom is 0.258 e. The molecule has 0 aromatic heterocycles. The van der Waals surface area contributed by atoms with Gasteiger partial charge in [-0.1, -0.05) is 24.3 Å². The minimum Gasteiger partial charge on any atom is -0.305 e. The Morgan fingerprint density at radius 2 is 1.92 bits per heavy atom. The zero-order valence-corrected chi connectivity index (χ0v) is 14.7. The fourth-order valence-electron chi connectivity index (χ4n) is 3.08. The number of amides is 1. The predicted molar refractivity (Wildman–Crippen MR) is 96.1 cm³/mol. The minimum atomic E-state index is -3.40. The van der Waals surface area contributed by atoms with Crippen LogP contribution in [0.3, 0.4) is 0 Å². The fourth-order valence-corrected chi connectivity index (χ4v) is 3.70. The molecule has 3 rings (SSSR count). The number of hydrogen-bond donors (Lipinski definition) is 1. The summed E-state index contributed by atoms with van der Waals surface area (Å²) in [5, 5.41) is 0. The van der Waals surface area contributed by atoms with Crippen molar-refractivity contribution in [1.29, 1.82) is 0 Å². The molecule has 2 aromatic rings. The Bertz CT molecular complexity index is 906. The highest BCUT2D eigenvalue weighted by atomic mass is 32.2. The summed E-state index contributed by atoms with van der Waals surface area (Å²) in [6.45, 7) is 3.82. The molecule has 1 aliphatic rings. The normalized spacial score (nSPS) is 16.8. The second-order valence-electron chi connectivity index (χ2n) is 6.26. The SMILES string of the molecule is Cc1ccc(C(=O)N2c3ccccc3C[C@@H]2C)cc1NS(C)(=O)=O. The van der Waals surface area contributed by atoms with Crippen LogP contribution < -0.4 is 9.62 Å². The molecule has 6 heteroatoms. The Morgan fingerprint density at radius 1 is 1.21 bits per heavy atom. The Kier molecular flexibility index (Phi) is 4.09. The average molecular weight is 344 g/mol. The van der Waals surface area contributed by atoms with Gasteiger partial charge >= 0.3 is 0 Å². The van der Waals surface area contributed by atoms with E-state index >= 15 is 0 Å². The van der Waals surface area contributed by atoms with Crippen LogP contribution in [-0.2, 0) is 16.4 Å². The molecule has 5 nitrogen and oxygen atoms in total. The zero-order valence-electron chi connectivity index (χ0n) is 13.9. The summed E-state index contributed by atoms with van der Waals surface area (Å²) in [5.74, 6) is -0.121. The van der Waals surface area contributed by atoms with Crippen molar-refractivity contribution in [2.45, 2.75) is 26.3 Å².